The number of carbonyl (C=O) groups is 1. The van der Waals surface area contributed by atoms with Crippen LogP contribution in [-0.4, -0.2) is 18.1 Å². The standard InChI is InChI=1S/C18H16F3NO2/c1-24-22-16(23)11-12-17(22,13-7-3-2-4-8-13)14-9-5-6-10-15(14)18(19,20)21/h2-10H,11-12H2,1H3. The minimum atomic E-state index is -4.52. The van der Waals surface area contributed by atoms with Crippen molar-refractivity contribution in [2.45, 2.75) is 24.6 Å². The Morgan fingerprint density at radius 2 is 1.67 bits per heavy atom. The first-order valence-electron chi connectivity index (χ1n) is 7.50. The van der Waals surface area contributed by atoms with Gasteiger partial charge in [0, 0.05) is 6.42 Å². The maximum atomic E-state index is 13.6. The molecule has 0 saturated carbocycles. The number of amides is 1. The van der Waals surface area contributed by atoms with E-state index in [-0.39, 0.29) is 24.3 Å². The summed E-state index contributed by atoms with van der Waals surface area (Å²) >= 11 is 0. The molecule has 1 amide bonds. The van der Waals surface area contributed by atoms with Crippen LogP contribution in [0.25, 0.3) is 0 Å². The summed E-state index contributed by atoms with van der Waals surface area (Å²) in [4.78, 5) is 17.5. The van der Waals surface area contributed by atoms with Crippen molar-refractivity contribution < 1.29 is 22.8 Å². The molecule has 0 N–H and O–H groups in total. The molecule has 0 spiro atoms. The molecule has 6 heteroatoms. The zero-order valence-corrected chi connectivity index (χ0v) is 13.0. The number of alkyl halides is 3. The highest BCUT2D eigenvalue weighted by Crippen LogP contribution is 2.48. The summed E-state index contributed by atoms with van der Waals surface area (Å²) in [6, 6.07) is 14.0. The topological polar surface area (TPSA) is 29.5 Å². The van der Waals surface area contributed by atoms with E-state index in [9.17, 15) is 18.0 Å². The van der Waals surface area contributed by atoms with Crippen molar-refractivity contribution in [3.05, 3.63) is 71.3 Å². The quantitative estimate of drug-likeness (QED) is 0.844. The summed E-state index contributed by atoms with van der Waals surface area (Å²) in [6.45, 7) is 0. The molecule has 2 aromatic carbocycles. The molecule has 1 atom stereocenters. The van der Waals surface area contributed by atoms with Crippen molar-refractivity contribution in [1.82, 2.24) is 5.06 Å². The van der Waals surface area contributed by atoms with Crippen LogP contribution in [0.5, 0.6) is 0 Å². The number of hydroxylamine groups is 2. The number of rotatable bonds is 3. The van der Waals surface area contributed by atoms with E-state index < -0.39 is 17.3 Å². The SMILES string of the molecule is CON1C(=O)CCC1(c1ccccc1)c1ccccc1C(F)(F)F. The number of hydrogen-bond acceptors (Lipinski definition) is 2. The lowest BCUT2D eigenvalue weighted by atomic mass is 9.79. The second-order valence-electron chi connectivity index (χ2n) is 5.64. The van der Waals surface area contributed by atoms with Crippen LogP contribution in [0.1, 0.15) is 29.5 Å². The molecule has 1 unspecified atom stereocenters. The number of halogens is 3. The fourth-order valence-corrected chi connectivity index (χ4v) is 3.43. The minimum Gasteiger partial charge on any atom is -0.273 e. The van der Waals surface area contributed by atoms with Gasteiger partial charge in [0.1, 0.15) is 5.54 Å². The Morgan fingerprint density at radius 3 is 2.29 bits per heavy atom. The van der Waals surface area contributed by atoms with E-state index in [0.29, 0.717) is 5.56 Å². The van der Waals surface area contributed by atoms with Crippen molar-refractivity contribution in [2.24, 2.45) is 0 Å². The largest absolute Gasteiger partial charge is 0.416 e. The van der Waals surface area contributed by atoms with Gasteiger partial charge in [0.2, 0.25) is 5.91 Å². The number of carbonyl (C=O) groups excluding carboxylic acids is 1. The van der Waals surface area contributed by atoms with Gasteiger partial charge in [-0.3, -0.25) is 9.63 Å². The first-order valence-corrected chi connectivity index (χ1v) is 7.50. The third-order valence-corrected chi connectivity index (χ3v) is 4.39. The van der Waals surface area contributed by atoms with Crippen LogP contribution in [-0.2, 0) is 21.3 Å². The van der Waals surface area contributed by atoms with Gasteiger partial charge in [-0.15, -0.1) is 0 Å². The summed E-state index contributed by atoms with van der Waals surface area (Å²) in [5.41, 5.74) is -1.43. The summed E-state index contributed by atoms with van der Waals surface area (Å²) in [6.07, 6.45) is -4.19. The van der Waals surface area contributed by atoms with E-state index in [1.807, 2.05) is 0 Å². The van der Waals surface area contributed by atoms with Crippen molar-refractivity contribution in [2.75, 3.05) is 7.11 Å². The molecule has 3 nitrogen and oxygen atoms in total. The minimum absolute atomic E-state index is 0.0244. The second kappa shape index (κ2) is 5.94. The Hall–Kier alpha value is -2.34. The predicted molar refractivity (Wildman–Crippen MR) is 81.8 cm³/mol. The van der Waals surface area contributed by atoms with Gasteiger partial charge >= 0.3 is 6.18 Å². The predicted octanol–water partition coefficient (Wildman–Crippen LogP) is 4.13. The normalized spacial score (nSPS) is 21.3. The molecule has 1 fully saturated rings. The molecular formula is C18H16F3NO2. The average Bonchev–Trinajstić information content (AvgIpc) is 2.92. The molecule has 1 aliphatic rings. The van der Waals surface area contributed by atoms with E-state index in [4.69, 9.17) is 4.84 Å². The lowest BCUT2D eigenvalue weighted by Crippen LogP contribution is -2.44. The van der Waals surface area contributed by atoms with Crippen molar-refractivity contribution in [3.8, 4) is 0 Å². The lowest BCUT2D eigenvalue weighted by molar-refractivity contribution is -0.193. The fourth-order valence-electron chi connectivity index (χ4n) is 3.43. The van der Waals surface area contributed by atoms with Crippen LogP contribution < -0.4 is 0 Å². The highest BCUT2D eigenvalue weighted by molar-refractivity contribution is 5.80. The fraction of sp³-hybridized carbons (Fsp3) is 0.278. The average molecular weight is 335 g/mol. The van der Waals surface area contributed by atoms with Crippen LogP contribution >= 0.6 is 0 Å². The van der Waals surface area contributed by atoms with Crippen LogP contribution in [0.3, 0.4) is 0 Å². The molecule has 0 bridgehead atoms. The number of nitrogens with zero attached hydrogens (tertiary/aromatic N) is 1. The highest BCUT2D eigenvalue weighted by Gasteiger charge is 2.52. The van der Waals surface area contributed by atoms with Crippen molar-refractivity contribution >= 4 is 5.91 Å². The van der Waals surface area contributed by atoms with Gasteiger partial charge in [0.05, 0.1) is 12.7 Å². The first kappa shape index (κ1) is 16.5. The third kappa shape index (κ3) is 2.47. The Morgan fingerprint density at radius 1 is 1.04 bits per heavy atom. The molecule has 1 saturated heterocycles. The highest BCUT2D eigenvalue weighted by atomic mass is 19.4. The van der Waals surface area contributed by atoms with Crippen molar-refractivity contribution in [1.29, 1.82) is 0 Å². The molecule has 0 aliphatic carbocycles. The molecule has 126 valence electrons. The molecular weight excluding hydrogens is 319 g/mol. The first-order chi connectivity index (χ1) is 11.4. The van der Waals surface area contributed by atoms with Gasteiger partial charge in [0.15, 0.2) is 0 Å². The molecule has 0 radical (unpaired) electrons. The molecule has 24 heavy (non-hydrogen) atoms. The maximum absolute atomic E-state index is 13.6. The van der Waals surface area contributed by atoms with Crippen LogP contribution in [0.2, 0.25) is 0 Å². The summed E-state index contributed by atoms with van der Waals surface area (Å²) in [7, 11) is 1.30. The van der Waals surface area contributed by atoms with Crippen LogP contribution in [0.15, 0.2) is 54.6 Å². The zero-order chi connectivity index (χ0) is 17.4. The van der Waals surface area contributed by atoms with E-state index in [2.05, 4.69) is 0 Å². The van der Waals surface area contributed by atoms with E-state index >= 15 is 0 Å². The van der Waals surface area contributed by atoms with E-state index in [1.165, 1.54) is 19.2 Å². The Balaban J connectivity index is 2.31. The molecule has 3 rings (SSSR count). The van der Waals surface area contributed by atoms with E-state index in [1.54, 1.807) is 36.4 Å². The van der Waals surface area contributed by atoms with Gasteiger partial charge in [-0.2, -0.15) is 13.2 Å². The van der Waals surface area contributed by atoms with Gasteiger partial charge in [-0.1, -0.05) is 48.5 Å². The number of benzene rings is 2. The molecule has 1 heterocycles. The van der Waals surface area contributed by atoms with Crippen LogP contribution in [0, 0.1) is 0 Å². The second-order valence-corrected chi connectivity index (χ2v) is 5.64. The van der Waals surface area contributed by atoms with E-state index in [0.717, 1.165) is 11.1 Å². The molecule has 0 aromatic heterocycles. The summed E-state index contributed by atoms with van der Waals surface area (Å²) in [5, 5.41) is 1.08. The Labute approximate surface area is 137 Å². The smallest absolute Gasteiger partial charge is 0.273 e. The van der Waals surface area contributed by atoms with Crippen LogP contribution in [0.4, 0.5) is 13.2 Å². The maximum Gasteiger partial charge on any atom is 0.416 e. The number of hydrogen-bond donors (Lipinski definition) is 0. The van der Waals surface area contributed by atoms with Crippen molar-refractivity contribution in [3.63, 3.8) is 0 Å². The van der Waals surface area contributed by atoms with Gasteiger partial charge in [-0.05, 0) is 23.6 Å². The Bertz CT molecular complexity index is 745. The zero-order valence-electron chi connectivity index (χ0n) is 13.0. The lowest BCUT2D eigenvalue weighted by Gasteiger charge is -2.38. The summed E-state index contributed by atoms with van der Waals surface area (Å²) < 4.78 is 40.7. The monoisotopic (exact) mass is 335 g/mol. The molecule has 2 aromatic rings. The Kier molecular flexibility index (Phi) is 4.09. The summed E-state index contributed by atoms with van der Waals surface area (Å²) in [5.74, 6) is -0.335. The van der Waals surface area contributed by atoms with Gasteiger partial charge in [-0.25, -0.2) is 5.06 Å². The molecule has 1 aliphatic heterocycles. The third-order valence-electron chi connectivity index (χ3n) is 4.39. The van der Waals surface area contributed by atoms with Gasteiger partial charge < -0.3 is 0 Å². The van der Waals surface area contributed by atoms with Gasteiger partial charge in [0.25, 0.3) is 0 Å².